The van der Waals surface area contributed by atoms with Gasteiger partial charge < -0.3 is 24.4 Å². The van der Waals surface area contributed by atoms with E-state index in [1.165, 1.54) is 0 Å². The molecule has 2 bridgehead atoms. The number of ether oxygens (including phenoxy) is 2. The second-order valence-electron chi connectivity index (χ2n) is 11.8. The van der Waals surface area contributed by atoms with Gasteiger partial charge in [-0.2, -0.15) is 0 Å². The van der Waals surface area contributed by atoms with Crippen LogP contribution >= 0.6 is 15.9 Å². The molecule has 1 spiro atoms. The van der Waals surface area contributed by atoms with Crippen LogP contribution in [0.5, 0.6) is 0 Å². The lowest BCUT2D eigenvalue weighted by molar-refractivity contribution is -0.155. The Bertz CT molecular complexity index is 1170. The fraction of sp³-hybridized carbons (Fsp3) is 0.606. The SMILES string of the molecule is C=CCCCCOC(=O)[C@H]1[C@@H]2OC3(CC2Br)C(C(=O)N(CC=C)c2cc(C)ccc2C)N(CCCCCCO)C(=O)[C@H]13. The first-order valence-electron chi connectivity index (χ1n) is 15.2. The summed E-state index contributed by atoms with van der Waals surface area (Å²) in [5.74, 6) is -2.44. The molecule has 3 unspecified atom stereocenters. The van der Waals surface area contributed by atoms with Crippen molar-refractivity contribution in [2.24, 2.45) is 11.8 Å². The number of amides is 2. The number of carbonyl (C=O) groups excluding carboxylic acids is 3. The van der Waals surface area contributed by atoms with E-state index in [2.05, 4.69) is 29.1 Å². The summed E-state index contributed by atoms with van der Waals surface area (Å²) in [5, 5.41) is 9.19. The number of allylic oxidation sites excluding steroid dienone is 1. The summed E-state index contributed by atoms with van der Waals surface area (Å²) in [6.07, 6.45) is 8.89. The van der Waals surface area contributed by atoms with E-state index in [-0.39, 0.29) is 36.4 Å². The molecule has 1 aromatic rings. The van der Waals surface area contributed by atoms with E-state index in [4.69, 9.17) is 9.47 Å². The quantitative estimate of drug-likeness (QED) is 0.117. The average Bonchev–Trinajstić information content (AvgIpc) is 3.55. The van der Waals surface area contributed by atoms with Crippen LogP contribution in [0.1, 0.15) is 62.5 Å². The maximum Gasteiger partial charge on any atom is 0.312 e. The number of nitrogens with zero attached hydrogens (tertiary/aromatic N) is 2. The summed E-state index contributed by atoms with van der Waals surface area (Å²) < 4.78 is 12.3. The van der Waals surface area contributed by atoms with Crippen molar-refractivity contribution in [2.75, 3.05) is 31.2 Å². The molecule has 3 heterocycles. The number of fused-ring (bicyclic) bond motifs is 1. The number of benzene rings is 1. The number of aliphatic hydroxyl groups excluding tert-OH is 1. The molecule has 1 aromatic carbocycles. The van der Waals surface area contributed by atoms with Gasteiger partial charge in [0.15, 0.2) is 0 Å². The lowest BCUT2D eigenvalue weighted by atomic mass is 9.70. The topological polar surface area (TPSA) is 96.4 Å². The van der Waals surface area contributed by atoms with Gasteiger partial charge in [-0.1, -0.05) is 53.1 Å². The molecule has 0 saturated carbocycles. The molecule has 0 aromatic heterocycles. The molecule has 230 valence electrons. The molecule has 8 nitrogen and oxygen atoms in total. The Balaban J connectivity index is 1.68. The molecule has 3 aliphatic heterocycles. The maximum atomic E-state index is 14.7. The number of hydrogen-bond donors (Lipinski definition) is 1. The van der Waals surface area contributed by atoms with Crippen molar-refractivity contribution < 1.29 is 29.0 Å². The number of halogens is 1. The second kappa shape index (κ2) is 14.3. The monoisotopic (exact) mass is 644 g/mol. The van der Waals surface area contributed by atoms with Crippen LogP contribution in [0.4, 0.5) is 5.69 Å². The van der Waals surface area contributed by atoms with Crippen molar-refractivity contribution in [1.82, 2.24) is 4.90 Å². The number of hydrogen-bond acceptors (Lipinski definition) is 6. The Labute approximate surface area is 258 Å². The fourth-order valence-corrected chi connectivity index (χ4v) is 7.86. The number of esters is 1. The molecule has 9 heteroatoms. The van der Waals surface area contributed by atoms with Gasteiger partial charge in [0.1, 0.15) is 11.6 Å². The molecule has 0 radical (unpaired) electrons. The molecule has 2 amide bonds. The van der Waals surface area contributed by atoms with Crippen LogP contribution < -0.4 is 4.90 Å². The van der Waals surface area contributed by atoms with E-state index in [1.54, 1.807) is 15.9 Å². The van der Waals surface area contributed by atoms with E-state index in [1.807, 2.05) is 38.1 Å². The van der Waals surface area contributed by atoms with Gasteiger partial charge in [-0.05, 0) is 69.6 Å². The molecule has 3 fully saturated rings. The number of unbranched alkanes of at least 4 members (excludes halogenated alkanes) is 5. The molecule has 42 heavy (non-hydrogen) atoms. The number of anilines is 1. The fourth-order valence-electron chi connectivity index (χ4n) is 6.92. The summed E-state index contributed by atoms with van der Waals surface area (Å²) in [7, 11) is 0. The van der Waals surface area contributed by atoms with Crippen molar-refractivity contribution in [1.29, 1.82) is 0 Å². The summed E-state index contributed by atoms with van der Waals surface area (Å²) >= 11 is 3.73. The zero-order valence-corrected chi connectivity index (χ0v) is 26.5. The third-order valence-electron chi connectivity index (χ3n) is 8.88. The Morgan fingerprint density at radius 2 is 1.93 bits per heavy atom. The molecular formula is C33H45BrN2O6. The van der Waals surface area contributed by atoms with Crippen LogP contribution in [0.15, 0.2) is 43.5 Å². The van der Waals surface area contributed by atoms with Crippen LogP contribution in [0.3, 0.4) is 0 Å². The van der Waals surface area contributed by atoms with E-state index >= 15 is 0 Å². The number of alkyl halides is 1. The summed E-state index contributed by atoms with van der Waals surface area (Å²) in [6, 6.07) is 5.09. The van der Waals surface area contributed by atoms with Crippen molar-refractivity contribution in [3.05, 3.63) is 54.6 Å². The first-order chi connectivity index (χ1) is 20.2. The highest BCUT2D eigenvalue weighted by Crippen LogP contribution is 2.60. The van der Waals surface area contributed by atoms with Gasteiger partial charge in [-0.3, -0.25) is 14.4 Å². The molecule has 0 aliphatic carbocycles. The average molecular weight is 646 g/mol. The molecule has 3 aliphatic rings. The highest BCUT2D eigenvalue weighted by atomic mass is 79.9. The minimum Gasteiger partial charge on any atom is -0.465 e. The molecule has 1 N–H and O–H groups in total. The van der Waals surface area contributed by atoms with Crippen LogP contribution in [0.25, 0.3) is 0 Å². The van der Waals surface area contributed by atoms with Crippen LogP contribution in [0.2, 0.25) is 0 Å². The minimum atomic E-state index is -1.14. The van der Waals surface area contributed by atoms with Crippen molar-refractivity contribution in [2.45, 2.75) is 87.8 Å². The van der Waals surface area contributed by atoms with Gasteiger partial charge in [0.25, 0.3) is 5.91 Å². The largest absolute Gasteiger partial charge is 0.465 e. The molecule has 6 atom stereocenters. The zero-order valence-electron chi connectivity index (χ0n) is 24.9. The van der Waals surface area contributed by atoms with Gasteiger partial charge in [0.2, 0.25) is 5.91 Å². The third-order valence-corrected chi connectivity index (χ3v) is 9.73. The highest BCUT2D eigenvalue weighted by molar-refractivity contribution is 9.09. The van der Waals surface area contributed by atoms with Gasteiger partial charge in [0, 0.05) is 30.2 Å². The van der Waals surface area contributed by atoms with Crippen LogP contribution in [0, 0.1) is 25.7 Å². The van der Waals surface area contributed by atoms with E-state index in [0.29, 0.717) is 32.2 Å². The zero-order chi connectivity index (χ0) is 30.4. The predicted molar refractivity (Wildman–Crippen MR) is 166 cm³/mol. The first-order valence-corrected chi connectivity index (χ1v) is 16.1. The lowest BCUT2D eigenvalue weighted by Gasteiger charge is -2.37. The smallest absolute Gasteiger partial charge is 0.312 e. The van der Waals surface area contributed by atoms with Gasteiger partial charge in [-0.25, -0.2) is 0 Å². The van der Waals surface area contributed by atoms with Crippen LogP contribution in [-0.4, -0.2) is 76.7 Å². The third kappa shape index (κ3) is 6.24. The van der Waals surface area contributed by atoms with Gasteiger partial charge in [-0.15, -0.1) is 13.2 Å². The Kier molecular flexibility index (Phi) is 11.1. The normalized spacial score (nSPS) is 27.7. The summed E-state index contributed by atoms with van der Waals surface area (Å²) in [5.41, 5.74) is 1.60. The number of aliphatic hydroxyl groups is 1. The highest BCUT2D eigenvalue weighted by Gasteiger charge is 2.77. The van der Waals surface area contributed by atoms with E-state index in [0.717, 1.165) is 42.5 Å². The molecule has 3 saturated heterocycles. The number of carbonyl (C=O) groups is 3. The minimum absolute atomic E-state index is 0.126. The molecular weight excluding hydrogens is 600 g/mol. The molecule has 4 rings (SSSR count). The number of aryl methyl sites for hydroxylation is 2. The van der Waals surface area contributed by atoms with Crippen LogP contribution in [-0.2, 0) is 23.9 Å². The second-order valence-corrected chi connectivity index (χ2v) is 13.0. The summed E-state index contributed by atoms with van der Waals surface area (Å²) in [6.45, 7) is 12.6. The van der Waals surface area contributed by atoms with Crippen molar-refractivity contribution in [3.8, 4) is 0 Å². The summed E-state index contributed by atoms with van der Waals surface area (Å²) in [4.78, 5) is 45.7. The number of likely N-dealkylation sites (tertiary alicyclic amines) is 1. The first kappa shape index (κ1) is 32.4. The lowest BCUT2D eigenvalue weighted by Crippen LogP contribution is -2.57. The Morgan fingerprint density at radius 3 is 2.64 bits per heavy atom. The maximum absolute atomic E-state index is 14.7. The predicted octanol–water partition coefficient (Wildman–Crippen LogP) is 5.02. The van der Waals surface area contributed by atoms with Gasteiger partial charge in [0.05, 0.1) is 24.5 Å². The Morgan fingerprint density at radius 1 is 1.17 bits per heavy atom. The standard InChI is InChI=1S/C33H45BrN2O6/c1-5-7-8-13-19-41-32(40)26-27-30(38)36(17-11-9-10-12-18-37)29(33(27)21-24(34)28(26)42-33)31(39)35(16-6-2)25-20-22(3)14-15-23(25)4/h5-6,14-15,20,24,26-29,37H,1-2,7-13,16-19,21H2,3-4H3/t24?,26-,27+,28-,29?,33?/m1/s1. The van der Waals surface area contributed by atoms with E-state index < -0.39 is 35.6 Å². The Hall–Kier alpha value is -2.49. The number of rotatable bonds is 16. The van der Waals surface area contributed by atoms with Gasteiger partial charge >= 0.3 is 5.97 Å². The van der Waals surface area contributed by atoms with E-state index in [9.17, 15) is 19.5 Å². The van der Waals surface area contributed by atoms with Crippen molar-refractivity contribution in [3.63, 3.8) is 0 Å². The van der Waals surface area contributed by atoms with Crippen molar-refractivity contribution >= 4 is 39.4 Å².